The fraction of sp³-hybridized carbons (Fsp3) is 0. The molecule has 0 spiro atoms. The van der Waals surface area contributed by atoms with Gasteiger partial charge in [-0.05, 0) is 30.3 Å². The highest BCUT2D eigenvalue weighted by Crippen LogP contribution is 2.33. The summed E-state index contributed by atoms with van der Waals surface area (Å²) in [5.74, 6) is -1.98. The van der Waals surface area contributed by atoms with Crippen molar-refractivity contribution in [1.29, 1.82) is 0 Å². The molecule has 2 N–H and O–H groups in total. The van der Waals surface area contributed by atoms with Gasteiger partial charge in [0.2, 0.25) is 0 Å². The van der Waals surface area contributed by atoms with E-state index in [2.05, 4.69) is 5.32 Å². The standard InChI is InChI=1S/C13H8ClFN2O4/c14-9-6-7(15)4-5-10(9)16-11-3-1-2-8(13(18)19)12(11)17(20)21/h1-6,16H,(H,18,19). The van der Waals surface area contributed by atoms with Crippen molar-refractivity contribution in [3.05, 3.63) is 62.9 Å². The minimum absolute atomic E-state index is 0.0185. The number of nitro benzene ring substituents is 1. The van der Waals surface area contributed by atoms with Gasteiger partial charge < -0.3 is 10.4 Å². The highest BCUT2D eigenvalue weighted by Gasteiger charge is 2.24. The Balaban J connectivity index is 2.51. The van der Waals surface area contributed by atoms with Crippen LogP contribution in [-0.4, -0.2) is 16.0 Å². The quantitative estimate of drug-likeness (QED) is 0.661. The summed E-state index contributed by atoms with van der Waals surface area (Å²) in [7, 11) is 0. The zero-order valence-corrected chi connectivity index (χ0v) is 11.1. The Morgan fingerprint density at radius 2 is 2.00 bits per heavy atom. The smallest absolute Gasteiger partial charge is 0.342 e. The van der Waals surface area contributed by atoms with Gasteiger partial charge in [-0.15, -0.1) is 0 Å². The predicted molar refractivity (Wildman–Crippen MR) is 74.7 cm³/mol. The number of para-hydroxylation sites is 1. The molecular weight excluding hydrogens is 303 g/mol. The lowest BCUT2D eigenvalue weighted by Gasteiger charge is -2.10. The molecule has 0 aliphatic carbocycles. The van der Waals surface area contributed by atoms with E-state index >= 15 is 0 Å². The fourth-order valence-electron chi connectivity index (χ4n) is 1.75. The number of carboxylic acids is 1. The zero-order chi connectivity index (χ0) is 15.6. The van der Waals surface area contributed by atoms with Gasteiger partial charge in [-0.2, -0.15) is 0 Å². The van der Waals surface area contributed by atoms with Crippen LogP contribution in [0.2, 0.25) is 5.02 Å². The molecule has 0 aliphatic heterocycles. The first-order valence-corrected chi connectivity index (χ1v) is 6.00. The number of rotatable bonds is 4. The summed E-state index contributed by atoms with van der Waals surface area (Å²) < 4.78 is 13.0. The summed E-state index contributed by atoms with van der Waals surface area (Å²) in [6.07, 6.45) is 0. The first-order chi connectivity index (χ1) is 9.90. The Morgan fingerprint density at radius 1 is 1.29 bits per heavy atom. The Bertz CT molecular complexity index is 736. The molecule has 6 nitrogen and oxygen atoms in total. The van der Waals surface area contributed by atoms with E-state index in [4.69, 9.17) is 16.7 Å². The predicted octanol–water partition coefficient (Wildman–Crippen LogP) is 3.83. The van der Waals surface area contributed by atoms with E-state index in [-0.39, 0.29) is 16.4 Å². The molecule has 2 aromatic rings. The van der Waals surface area contributed by atoms with Gasteiger partial charge in [0.15, 0.2) is 0 Å². The van der Waals surface area contributed by atoms with E-state index in [1.165, 1.54) is 18.2 Å². The molecule has 0 aromatic heterocycles. The molecule has 0 heterocycles. The van der Waals surface area contributed by atoms with E-state index < -0.39 is 28.0 Å². The van der Waals surface area contributed by atoms with Crippen molar-refractivity contribution in [3.63, 3.8) is 0 Å². The number of halogens is 2. The van der Waals surface area contributed by atoms with Crippen LogP contribution in [0.5, 0.6) is 0 Å². The number of carboxylic acid groups (broad SMARTS) is 1. The average molecular weight is 311 g/mol. The van der Waals surface area contributed by atoms with Crippen LogP contribution in [0.25, 0.3) is 0 Å². The van der Waals surface area contributed by atoms with Crippen LogP contribution in [0.15, 0.2) is 36.4 Å². The zero-order valence-electron chi connectivity index (χ0n) is 10.3. The molecule has 2 rings (SSSR count). The topological polar surface area (TPSA) is 92.5 Å². The molecule has 2 aromatic carbocycles. The van der Waals surface area contributed by atoms with Gasteiger partial charge in [-0.1, -0.05) is 17.7 Å². The molecule has 0 fully saturated rings. The number of hydrogen-bond donors (Lipinski definition) is 2. The van der Waals surface area contributed by atoms with E-state index in [9.17, 15) is 19.3 Å². The number of carbonyl (C=O) groups is 1. The van der Waals surface area contributed by atoms with E-state index in [1.54, 1.807) is 0 Å². The summed E-state index contributed by atoms with van der Waals surface area (Å²) in [6, 6.07) is 7.28. The minimum Gasteiger partial charge on any atom is -0.477 e. The van der Waals surface area contributed by atoms with Crippen LogP contribution < -0.4 is 5.32 Å². The summed E-state index contributed by atoms with van der Waals surface area (Å²) in [5.41, 5.74) is -0.870. The van der Waals surface area contributed by atoms with Gasteiger partial charge in [0.25, 0.3) is 0 Å². The molecule has 8 heteroatoms. The number of anilines is 2. The summed E-state index contributed by atoms with van der Waals surface area (Å²) >= 11 is 5.82. The van der Waals surface area contributed by atoms with Crippen molar-refractivity contribution in [3.8, 4) is 0 Å². The minimum atomic E-state index is -1.42. The summed E-state index contributed by atoms with van der Waals surface area (Å²) in [6.45, 7) is 0. The van der Waals surface area contributed by atoms with Crippen molar-refractivity contribution in [1.82, 2.24) is 0 Å². The van der Waals surface area contributed by atoms with Crippen LogP contribution in [0.4, 0.5) is 21.5 Å². The van der Waals surface area contributed by atoms with Crippen LogP contribution in [-0.2, 0) is 0 Å². The SMILES string of the molecule is O=C(O)c1cccc(Nc2ccc(F)cc2Cl)c1[N+](=O)[O-]. The molecule has 108 valence electrons. The third-order valence-electron chi connectivity index (χ3n) is 2.65. The Morgan fingerprint density at radius 3 is 2.57 bits per heavy atom. The number of nitro groups is 1. The summed E-state index contributed by atoms with van der Waals surface area (Å²) in [4.78, 5) is 21.3. The number of nitrogens with zero attached hydrogens (tertiary/aromatic N) is 1. The number of nitrogens with one attached hydrogen (secondary N) is 1. The third kappa shape index (κ3) is 3.09. The molecule has 0 saturated carbocycles. The first-order valence-electron chi connectivity index (χ1n) is 5.63. The van der Waals surface area contributed by atoms with E-state index in [0.29, 0.717) is 0 Å². The first kappa shape index (κ1) is 14.7. The van der Waals surface area contributed by atoms with Gasteiger partial charge in [0.05, 0.1) is 15.6 Å². The molecule has 0 unspecified atom stereocenters. The van der Waals surface area contributed by atoms with Crippen LogP contribution >= 0.6 is 11.6 Å². The molecule has 0 aliphatic rings. The number of benzene rings is 2. The van der Waals surface area contributed by atoms with Crippen LogP contribution in [0.3, 0.4) is 0 Å². The lowest BCUT2D eigenvalue weighted by Crippen LogP contribution is -2.05. The number of hydrogen-bond acceptors (Lipinski definition) is 4. The van der Waals surface area contributed by atoms with Crippen molar-refractivity contribution in [2.75, 3.05) is 5.32 Å². The van der Waals surface area contributed by atoms with Crippen LogP contribution in [0.1, 0.15) is 10.4 Å². The van der Waals surface area contributed by atoms with Gasteiger partial charge in [-0.3, -0.25) is 10.1 Å². The van der Waals surface area contributed by atoms with E-state index in [1.807, 2.05) is 0 Å². The highest BCUT2D eigenvalue weighted by molar-refractivity contribution is 6.33. The lowest BCUT2D eigenvalue weighted by atomic mass is 10.1. The van der Waals surface area contributed by atoms with Crippen molar-refractivity contribution in [2.24, 2.45) is 0 Å². The average Bonchev–Trinajstić information content (AvgIpc) is 2.41. The van der Waals surface area contributed by atoms with Gasteiger partial charge >= 0.3 is 11.7 Å². The molecule has 21 heavy (non-hydrogen) atoms. The third-order valence-corrected chi connectivity index (χ3v) is 2.96. The van der Waals surface area contributed by atoms with Crippen molar-refractivity contribution >= 4 is 34.6 Å². The highest BCUT2D eigenvalue weighted by atomic mass is 35.5. The largest absolute Gasteiger partial charge is 0.477 e. The van der Waals surface area contributed by atoms with E-state index in [0.717, 1.165) is 18.2 Å². The van der Waals surface area contributed by atoms with Crippen molar-refractivity contribution < 1.29 is 19.2 Å². The fourth-order valence-corrected chi connectivity index (χ4v) is 1.96. The lowest BCUT2D eigenvalue weighted by molar-refractivity contribution is -0.384. The normalized spacial score (nSPS) is 10.2. The Kier molecular flexibility index (Phi) is 4.04. The Labute approximate surface area is 122 Å². The molecule has 0 atom stereocenters. The van der Waals surface area contributed by atoms with Crippen molar-refractivity contribution in [2.45, 2.75) is 0 Å². The second-order valence-electron chi connectivity index (χ2n) is 4.01. The van der Waals surface area contributed by atoms with Gasteiger partial charge in [0.1, 0.15) is 17.1 Å². The number of aromatic carboxylic acids is 1. The van der Waals surface area contributed by atoms with Gasteiger partial charge in [0, 0.05) is 0 Å². The second kappa shape index (κ2) is 5.76. The maximum absolute atomic E-state index is 13.0. The molecular formula is C13H8ClFN2O4. The molecule has 0 bridgehead atoms. The summed E-state index contributed by atoms with van der Waals surface area (Å²) in [5, 5.41) is 22.7. The molecule has 0 radical (unpaired) electrons. The Hall–Kier alpha value is -2.67. The maximum Gasteiger partial charge on any atom is 0.342 e. The van der Waals surface area contributed by atoms with Gasteiger partial charge in [-0.25, -0.2) is 9.18 Å². The molecule has 0 amide bonds. The maximum atomic E-state index is 13.0. The second-order valence-corrected chi connectivity index (χ2v) is 4.42. The van der Waals surface area contributed by atoms with Crippen LogP contribution in [0, 0.1) is 15.9 Å². The molecule has 0 saturated heterocycles. The monoisotopic (exact) mass is 310 g/mol.